The van der Waals surface area contributed by atoms with E-state index in [4.69, 9.17) is 16.3 Å². The van der Waals surface area contributed by atoms with Gasteiger partial charge in [0.2, 0.25) is 0 Å². The Labute approximate surface area is 129 Å². The van der Waals surface area contributed by atoms with Gasteiger partial charge in [-0.05, 0) is 31.0 Å². The highest BCUT2D eigenvalue weighted by Crippen LogP contribution is 2.19. The number of aromatic nitrogens is 2. The van der Waals surface area contributed by atoms with E-state index in [1.807, 2.05) is 28.8 Å². The molecule has 0 saturated heterocycles. The molecule has 0 atom stereocenters. The Balaban J connectivity index is 2.44. The van der Waals surface area contributed by atoms with Gasteiger partial charge in [-0.2, -0.15) is 0 Å². The summed E-state index contributed by atoms with van der Waals surface area (Å²) in [6.07, 6.45) is 2.48. The van der Waals surface area contributed by atoms with Gasteiger partial charge in [-0.3, -0.25) is 0 Å². The average molecular weight is 307 g/mol. The van der Waals surface area contributed by atoms with Crippen molar-refractivity contribution in [3.63, 3.8) is 0 Å². The highest BCUT2D eigenvalue weighted by atomic mass is 35.5. The number of carbonyl (C=O) groups is 1. The van der Waals surface area contributed by atoms with Gasteiger partial charge in [-0.1, -0.05) is 31.5 Å². The van der Waals surface area contributed by atoms with Crippen LogP contribution in [0.4, 0.5) is 0 Å². The van der Waals surface area contributed by atoms with Crippen molar-refractivity contribution in [3.05, 3.63) is 47.0 Å². The zero-order chi connectivity index (χ0) is 15.4. The van der Waals surface area contributed by atoms with Crippen LogP contribution in [0.25, 0.3) is 5.69 Å². The molecule has 1 heterocycles. The fraction of sp³-hybridized carbons (Fsp3) is 0.375. The SMILES string of the molecule is CCOC(=O)c1cn(-c2cccc(Cl)c2)c(CC(C)C)n1. The summed E-state index contributed by atoms with van der Waals surface area (Å²) >= 11 is 6.05. The minimum atomic E-state index is -0.400. The normalized spacial score (nSPS) is 10.9. The van der Waals surface area contributed by atoms with Crippen LogP contribution in [-0.2, 0) is 11.2 Å². The molecular weight excluding hydrogens is 288 g/mol. The molecule has 0 N–H and O–H groups in total. The van der Waals surface area contributed by atoms with Crippen LogP contribution in [0, 0.1) is 5.92 Å². The molecule has 1 aromatic carbocycles. The molecule has 0 radical (unpaired) electrons. The van der Waals surface area contributed by atoms with E-state index < -0.39 is 5.97 Å². The summed E-state index contributed by atoms with van der Waals surface area (Å²) in [4.78, 5) is 16.3. The molecular formula is C16H19ClN2O2. The number of hydrogen-bond donors (Lipinski definition) is 0. The zero-order valence-electron chi connectivity index (χ0n) is 12.5. The maximum atomic E-state index is 11.9. The van der Waals surface area contributed by atoms with E-state index in [0.717, 1.165) is 17.9 Å². The van der Waals surface area contributed by atoms with E-state index in [0.29, 0.717) is 23.2 Å². The number of halogens is 1. The van der Waals surface area contributed by atoms with Crippen molar-refractivity contribution >= 4 is 17.6 Å². The first-order chi connectivity index (χ1) is 10.0. The van der Waals surface area contributed by atoms with Crippen molar-refractivity contribution in [1.82, 2.24) is 9.55 Å². The first-order valence-corrected chi connectivity index (χ1v) is 7.40. The van der Waals surface area contributed by atoms with Crippen LogP contribution in [-0.4, -0.2) is 22.1 Å². The van der Waals surface area contributed by atoms with Crippen LogP contribution < -0.4 is 0 Å². The Morgan fingerprint density at radius 2 is 2.19 bits per heavy atom. The number of hydrogen-bond acceptors (Lipinski definition) is 3. The monoisotopic (exact) mass is 306 g/mol. The fourth-order valence-electron chi connectivity index (χ4n) is 2.08. The summed E-state index contributed by atoms with van der Waals surface area (Å²) in [7, 11) is 0. The second-order valence-corrected chi connectivity index (χ2v) is 5.65. The van der Waals surface area contributed by atoms with Crippen LogP contribution in [0.15, 0.2) is 30.5 Å². The predicted octanol–water partition coefficient (Wildman–Crippen LogP) is 3.90. The lowest BCUT2D eigenvalue weighted by molar-refractivity contribution is 0.0520. The van der Waals surface area contributed by atoms with Crippen molar-refractivity contribution in [2.45, 2.75) is 27.2 Å². The van der Waals surface area contributed by atoms with E-state index in [1.165, 1.54) is 0 Å². The molecule has 0 aliphatic heterocycles. The van der Waals surface area contributed by atoms with Crippen LogP contribution in [0.2, 0.25) is 5.02 Å². The van der Waals surface area contributed by atoms with E-state index in [-0.39, 0.29) is 0 Å². The minimum absolute atomic E-state index is 0.326. The molecule has 0 bridgehead atoms. The summed E-state index contributed by atoms with van der Waals surface area (Å²) < 4.78 is 6.92. The molecule has 112 valence electrons. The Hall–Kier alpha value is -1.81. The predicted molar refractivity (Wildman–Crippen MR) is 83.1 cm³/mol. The molecule has 0 amide bonds. The number of carbonyl (C=O) groups excluding carboxylic acids is 1. The number of benzene rings is 1. The van der Waals surface area contributed by atoms with Crippen molar-refractivity contribution in [3.8, 4) is 5.69 Å². The van der Waals surface area contributed by atoms with Gasteiger partial charge in [0, 0.05) is 23.3 Å². The second-order valence-electron chi connectivity index (χ2n) is 5.21. The molecule has 0 spiro atoms. The van der Waals surface area contributed by atoms with Crippen LogP contribution >= 0.6 is 11.6 Å². The van der Waals surface area contributed by atoms with Gasteiger partial charge in [0.05, 0.1) is 6.61 Å². The molecule has 0 unspecified atom stereocenters. The Bertz CT molecular complexity index is 635. The van der Waals surface area contributed by atoms with Crippen LogP contribution in [0.1, 0.15) is 37.1 Å². The average Bonchev–Trinajstić information content (AvgIpc) is 2.82. The molecule has 0 aliphatic rings. The maximum absolute atomic E-state index is 11.9. The van der Waals surface area contributed by atoms with Gasteiger partial charge in [-0.15, -0.1) is 0 Å². The van der Waals surface area contributed by atoms with E-state index in [1.54, 1.807) is 13.1 Å². The quantitative estimate of drug-likeness (QED) is 0.787. The third-order valence-corrected chi connectivity index (χ3v) is 3.18. The summed E-state index contributed by atoms with van der Waals surface area (Å²) in [5.74, 6) is 0.860. The lowest BCUT2D eigenvalue weighted by Gasteiger charge is -2.09. The van der Waals surface area contributed by atoms with Crippen LogP contribution in [0.5, 0.6) is 0 Å². The molecule has 2 aromatic rings. The van der Waals surface area contributed by atoms with Crippen molar-refractivity contribution in [2.75, 3.05) is 6.61 Å². The number of ether oxygens (including phenoxy) is 1. The fourth-order valence-corrected chi connectivity index (χ4v) is 2.27. The summed E-state index contributed by atoms with van der Waals surface area (Å²) in [5.41, 5.74) is 1.22. The van der Waals surface area contributed by atoms with Gasteiger partial charge in [0.25, 0.3) is 0 Å². The molecule has 21 heavy (non-hydrogen) atoms. The number of nitrogens with zero attached hydrogens (tertiary/aromatic N) is 2. The van der Waals surface area contributed by atoms with Gasteiger partial charge in [-0.25, -0.2) is 9.78 Å². The molecule has 5 heteroatoms. The summed E-state index contributed by atoms with van der Waals surface area (Å²) in [5, 5.41) is 0.648. The lowest BCUT2D eigenvalue weighted by atomic mass is 10.1. The number of rotatable bonds is 5. The summed E-state index contributed by atoms with van der Waals surface area (Å²) in [6.45, 7) is 6.34. The summed E-state index contributed by atoms with van der Waals surface area (Å²) in [6, 6.07) is 7.48. The molecule has 0 aliphatic carbocycles. The number of imidazole rings is 1. The highest BCUT2D eigenvalue weighted by Gasteiger charge is 2.17. The van der Waals surface area contributed by atoms with E-state index in [2.05, 4.69) is 18.8 Å². The first kappa shape index (κ1) is 15.6. The minimum Gasteiger partial charge on any atom is -0.461 e. The standard InChI is InChI=1S/C16H19ClN2O2/c1-4-21-16(20)14-10-19(15(18-14)8-11(2)3)13-7-5-6-12(17)9-13/h5-7,9-11H,4,8H2,1-3H3. The van der Waals surface area contributed by atoms with Gasteiger partial charge >= 0.3 is 5.97 Å². The molecule has 0 saturated carbocycles. The first-order valence-electron chi connectivity index (χ1n) is 7.02. The molecule has 2 rings (SSSR count). The molecule has 0 fully saturated rings. The lowest BCUT2D eigenvalue weighted by Crippen LogP contribution is -2.05. The van der Waals surface area contributed by atoms with Crippen molar-refractivity contribution in [2.24, 2.45) is 5.92 Å². The molecule has 1 aromatic heterocycles. The van der Waals surface area contributed by atoms with Gasteiger partial charge in [0.1, 0.15) is 5.82 Å². The van der Waals surface area contributed by atoms with Gasteiger partial charge < -0.3 is 9.30 Å². The smallest absolute Gasteiger partial charge is 0.358 e. The largest absolute Gasteiger partial charge is 0.461 e. The van der Waals surface area contributed by atoms with E-state index >= 15 is 0 Å². The van der Waals surface area contributed by atoms with Crippen LogP contribution in [0.3, 0.4) is 0 Å². The van der Waals surface area contributed by atoms with E-state index in [9.17, 15) is 4.79 Å². The Kier molecular flexibility index (Phi) is 5.02. The third kappa shape index (κ3) is 3.85. The zero-order valence-corrected chi connectivity index (χ0v) is 13.2. The number of esters is 1. The molecule has 4 nitrogen and oxygen atoms in total. The van der Waals surface area contributed by atoms with Crippen molar-refractivity contribution in [1.29, 1.82) is 0 Å². The Morgan fingerprint density at radius 1 is 1.43 bits per heavy atom. The van der Waals surface area contributed by atoms with Gasteiger partial charge in [0.15, 0.2) is 5.69 Å². The Morgan fingerprint density at radius 3 is 2.81 bits per heavy atom. The maximum Gasteiger partial charge on any atom is 0.358 e. The topological polar surface area (TPSA) is 44.1 Å². The highest BCUT2D eigenvalue weighted by molar-refractivity contribution is 6.30. The second kappa shape index (κ2) is 6.76. The van der Waals surface area contributed by atoms with Crippen molar-refractivity contribution < 1.29 is 9.53 Å². The third-order valence-electron chi connectivity index (χ3n) is 2.94.